The van der Waals surface area contributed by atoms with Crippen molar-refractivity contribution in [3.8, 4) is 11.3 Å². The van der Waals surface area contributed by atoms with Crippen LogP contribution in [0.15, 0.2) is 48.5 Å². The molecule has 2 N–H and O–H groups in total. The fourth-order valence-corrected chi connectivity index (χ4v) is 2.73. The van der Waals surface area contributed by atoms with E-state index < -0.39 is 0 Å². The van der Waals surface area contributed by atoms with E-state index in [-0.39, 0.29) is 11.7 Å². The minimum absolute atomic E-state index is 0.178. The Morgan fingerprint density at radius 1 is 1.17 bits per heavy atom. The molecule has 0 saturated carbocycles. The zero-order valence-corrected chi connectivity index (χ0v) is 12.7. The lowest BCUT2D eigenvalue weighted by atomic mass is 10.0. The number of aryl methyl sites for hydroxylation is 1. The number of carbonyl (C=O) groups is 1. The van der Waals surface area contributed by atoms with E-state index in [4.69, 9.17) is 0 Å². The monoisotopic (exact) mass is 312 g/mol. The van der Waals surface area contributed by atoms with Crippen LogP contribution in [0.25, 0.3) is 22.2 Å². The Hall–Kier alpha value is -2.66. The lowest BCUT2D eigenvalue weighted by molar-refractivity contribution is -0.131. The first kappa shape index (κ1) is 15.2. The molecule has 2 aromatic carbocycles. The molecule has 1 amide bonds. The second-order valence-corrected chi connectivity index (χ2v) is 5.26. The molecule has 0 aliphatic rings. The highest BCUT2D eigenvalue weighted by atomic mass is 19.1. The van der Waals surface area contributed by atoms with Crippen molar-refractivity contribution >= 4 is 16.8 Å². The summed E-state index contributed by atoms with van der Waals surface area (Å²) in [7, 11) is 1.41. The molecule has 0 aliphatic carbocycles. The Kier molecular flexibility index (Phi) is 4.39. The van der Waals surface area contributed by atoms with Crippen LogP contribution in [-0.2, 0) is 16.1 Å². The molecule has 23 heavy (non-hydrogen) atoms. The summed E-state index contributed by atoms with van der Waals surface area (Å²) < 4.78 is 13.2. The van der Waals surface area contributed by atoms with Gasteiger partial charge in [0, 0.05) is 23.0 Å². The van der Waals surface area contributed by atoms with E-state index in [0.717, 1.165) is 27.7 Å². The van der Waals surface area contributed by atoms with Gasteiger partial charge in [0.2, 0.25) is 5.91 Å². The van der Waals surface area contributed by atoms with Crippen molar-refractivity contribution in [1.29, 1.82) is 0 Å². The molecule has 4 nitrogen and oxygen atoms in total. The normalized spacial score (nSPS) is 10.9. The van der Waals surface area contributed by atoms with Crippen LogP contribution in [0, 0.1) is 5.82 Å². The Labute approximate surface area is 133 Å². The Balaban J connectivity index is 2.01. The van der Waals surface area contributed by atoms with Crippen LogP contribution in [0.5, 0.6) is 0 Å². The quantitative estimate of drug-likeness (QED) is 0.708. The van der Waals surface area contributed by atoms with E-state index in [1.54, 1.807) is 12.1 Å². The first-order valence-corrected chi connectivity index (χ1v) is 7.36. The van der Waals surface area contributed by atoms with Crippen molar-refractivity contribution in [3.05, 3.63) is 59.9 Å². The fraction of sp³-hybridized carbons (Fsp3) is 0.167. The van der Waals surface area contributed by atoms with Gasteiger partial charge in [-0.25, -0.2) is 9.87 Å². The number of hydroxylamine groups is 1. The molecule has 1 heterocycles. The molecule has 0 bridgehead atoms. The van der Waals surface area contributed by atoms with Crippen LogP contribution in [0.4, 0.5) is 4.39 Å². The molecule has 0 radical (unpaired) electrons. The maximum Gasteiger partial charge on any atom is 0.243 e. The smallest absolute Gasteiger partial charge is 0.243 e. The highest BCUT2D eigenvalue weighted by Gasteiger charge is 2.14. The molecule has 3 rings (SSSR count). The standard InChI is InChI=1S/C18H17FN2O2/c1-23-21-17(22)11-10-15-14-4-2-3-5-16(14)20-18(15)12-6-8-13(19)9-7-12/h2-9,20H,10-11H2,1H3,(H,21,22). The number of rotatable bonds is 5. The van der Waals surface area contributed by atoms with Crippen LogP contribution in [-0.4, -0.2) is 18.0 Å². The summed E-state index contributed by atoms with van der Waals surface area (Å²) in [4.78, 5) is 19.7. The van der Waals surface area contributed by atoms with Crippen molar-refractivity contribution in [2.75, 3.05) is 7.11 Å². The SMILES string of the molecule is CONC(=O)CCc1c(-c2ccc(F)cc2)[nH]c2ccccc12. The number of carbonyl (C=O) groups excluding carboxylic acids is 1. The minimum atomic E-state index is -0.272. The molecular weight excluding hydrogens is 295 g/mol. The number of hydrogen-bond donors (Lipinski definition) is 2. The van der Waals surface area contributed by atoms with Gasteiger partial charge in [-0.05, 0) is 47.9 Å². The van der Waals surface area contributed by atoms with Crippen molar-refractivity contribution in [1.82, 2.24) is 10.5 Å². The molecule has 118 valence electrons. The number of nitrogens with one attached hydrogen (secondary N) is 2. The number of aromatic amines is 1. The summed E-state index contributed by atoms with van der Waals surface area (Å²) in [5, 5.41) is 1.07. The summed E-state index contributed by atoms with van der Waals surface area (Å²) in [5.74, 6) is -0.450. The van der Waals surface area contributed by atoms with E-state index >= 15 is 0 Å². The lowest BCUT2D eigenvalue weighted by Gasteiger charge is -2.06. The van der Waals surface area contributed by atoms with Gasteiger partial charge in [0.15, 0.2) is 0 Å². The average Bonchev–Trinajstić information content (AvgIpc) is 2.92. The summed E-state index contributed by atoms with van der Waals surface area (Å²) in [6, 6.07) is 14.3. The fourth-order valence-electron chi connectivity index (χ4n) is 2.73. The second-order valence-electron chi connectivity index (χ2n) is 5.26. The summed E-state index contributed by atoms with van der Waals surface area (Å²) in [6.07, 6.45) is 0.871. The number of halogens is 1. The van der Waals surface area contributed by atoms with Gasteiger partial charge in [0.25, 0.3) is 0 Å². The van der Waals surface area contributed by atoms with E-state index in [9.17, 15) is 9.18 Å². The zero-order chi connectivity index (χ0) is 16.2. The first-order chi connectivity index (χ1) is 11.2. The summed E-state index contributed by atoms with van der Waals surface area (Å²) >= 11 is 0. The Morgan fingerprint density at radius 3 is 2.65 bits per heavy atom. The van der Waals surface area contributed by atoms with Gasteiger partial charge in [-0.15, -0.1) is 0 Å². The van der Waals surface area contributed by atoms with Gasteiger partial charge >= 0.3 is 0 Å². The zero-order valence-electron chi connectivity index (χ0n) is 12.7. The summed E-state index contributed by atoms with van der Waals surface area (Å²) in [5.41, 5.74) is 6.17. The van der Waals surface area contributed by atoms with Crippen LogP contribution in [0.1, 0.15) is 12.0 Å². The molecule has 5 heteroatoms. The number of hydrogen-bond acceptors (Lipinski definition) is 2. The molecule has 0 spiro atoms. The van der Waals surface area contributed by atoms with Crippen molar-refractivity contribution in [3.63, 3.8) is 0 Å². The second kappa shape index (κ2) is 6.62. The Morgan fingerprint density at radius 2 is 1.91 bits per heavy atom. The van der Waals surface area contributed by atoms with E-state index in [1.807, 2.05) is 24.3 Å². The number of aromatic nitrogens is 1. The maximum atomic E-state index is 13.2. The van der Waals surface area contributed by atoms with Crippen LogP contribution in [0.2, 0.25) is 0 Å². The molecule has 0 unspecified atom stereocenters. The minimum Gasteiger partial charge on any atom is -0.354 e. The van der Waals surface area contributed by atoms with Crippen LogP contribution < -0.4 is 5.48 Å². The first-order valence-electron chi connectivity index (χ1n) is 7.36. The molecule has 0 atom stereocenters. The van der Waals surface area contributed by atoms with Crippen molar-refractivity contribution in [2.24, 2.45) is 0 Å². The molecule has 0 aliphatic heterocycles. The lowest BCUT2D eigenvalue weighted by Crippen LogP contribution is -2.21. The van der Waals surface area contributed by atoms with E-state index in [0.29, 0.717) is 12.8 Å². The Bertz CT molecular complexity index is 825. The predicted molar refractivity (Wildman–Crippen MR) is 87.2 cm³/mol. The number of H-pyrrole nitrogens is 1. The maximum absolute atomic E-state index is 13.2. The topological polar surface area (TPSA) is 54.1 Å². The van der Waals surface area contributed by atoms with Gasteiger partial charge in [-0.3, -0.25) is 9.63 Å². The molecule has 0 fully saturated rings. The number of amides is 1. The van der Waals surface area contributed by atoms with Crippen molar-refractivity contribution < 1.29 is 14.0 Å². The number of fused-ring (bicyclic) bond motifs is 1. The molecular formula is C18H17FN2O2. The van der Waals surface area contributed by atoms with E-state index in [1.165, 1.54) is 19.2 Å². The third-order valence-corrected chi connectivity index (χ3v) is 3.76. The average molecular weight is 312 g/mol. The van der Waals surface area contributed by atoms with Gasteiger partial charge in [-0.1, -0.05) is 18.2 Å². The highest BCUT2D eigenvalue weighted by Crippen LogP contribution is 2.31. The van der Waals surface area contributed by atoms with Gasteiger partial charge in [0.05, 0.1) is 7.11 Å². The predicted octanol–water partition coefficient (Wildman–Crippen LogP) is 3.58. The van der Waals surface area contributed by atoms with Gasteiger partial charge in [0.1, 0.15) is 5.82 Å². The number of benzene rings is 2. The number of para-hydroxylation sites is 1. The van der Waals surface area contributed by atoms with E-state index in [2.05, 4.69) is 15.3 Å². The molecule has 3 aromatic rings. The van der Waals surface area contributed by atoms with Crippen LogP contribution >= 0.6 is 0 Å². The molecule has 1 aromatic heterocycles. The van der Waals surface area contributed by atoms with Gasteiger partial charge in [-0.2, -0.15) is 0 Å². The van der Waals surface area contributed by atoms with Crippen molar-refractivity contribution in [2.45, 2.75) is 12.8 Å². The largest absolute Gasteiger partial charge is 0.354 e. The summed E-state index contributed by atoms with van der Waals surface area (Å²) in [6.45, 7) is 0. The third-order valence-electron chi connectivity index (χ3n) is 3.76. The third kappa shape index (κ3) is 3.24. The molecule has 0 saturated heterocycles. The highest BCUT2D eigenvalue weighted by molar-refractivity contribution is 5.91. The van der Waals surface area contributed by atoms with Crippen LogP contribution in [0.3, 0.4) is 0 Å². The van der Waals surface area contributed by atoms with Gasteiger partial charge < -0.3 is 4.98 Å².